The summed E-state index contributed by atoms with van der Waals surface area (Å²) in [7, 11) is 0. The second-order valence-electron chi connectivity index (χ2n) is 7.19. The molecule has 1 amide bonds. The van der Waals surface area contributed by atoms with Crippen LogP contribution >= 0.6 is 0 Å². The summed E-state index contributed by atoms with van der Waals surface area (Å²) in [5, 5.41) is 12.0. The first-order chi connectivity index (χ1) is 13.7. The highest BCUT2D eigenvalue weighted by Crippen LogP contribution is 2.27. The molecule has 0 aliphatic carbocycles. The number of likely N-dealkylation sites (tertiary alicyclic amines) is 1. The molecule has 1 saturated heterocycles. The Bertz CT molecular complexity index is 866. The maximum atomic E-state index is 11.0. The quantitative estimate of drug-likeness (QED) is 0.405. The van der Waals surface area contributed by atoms with Gasteiger partial charge in [0, 0.05) is 44.4 Å². The van der Waals surface area contributed by atoms with Crippen LogP contribution < -0.4 is 15.5 Å². The van der Waals surface area contributed by atoms with Crippen LogP contribution in [0.2, 0.25) is 0 Å². The molecule has 7 nitrogen and oxygen atoms in total. The molecule has 2 aromatic rings. The van der Waals surface area contributed by atoms with E-state index >= 15 is 0 Å². The average molecular weight is 380 g/mol. The number of hydroxylamine groups is 1. The van der Waals surface area contributed by atoms with E-state index in [0.29, 0.717) is 6.04 Å². The van der Waals surface area contributed by atoms with Crippen molar-refractivity contribution in [2.24, 2.45) is 0 Å². The monoisotopic (exact) mass is 380 g/mol. The summed E-state index contributed by atoms with van der Waals surface area (Å²) >= 11 is 0. The summed E-state index contributed by atoms with van der Waals surface area (Å²) in [6, 6.07) is 10.7. The van der Waals surface area contributed by atoms with Crippen molar-refractivity contribution in [2.75, 3.05) is 25.0 Å². The molecule has 2 aliphatic rings. The molecule has 7 heteroatoms. The Morgan fingerprint density at radius 3 is 3.11 bits per heavy atom. The number of fused-ring (bicyclic) bond motifs is 1. The zero-order valence-electron chi connectivity index (χ0n) is 15.6. The summed E-state index contributed by atoms with van der Waals surface area (Å²) in [6.45, 7) is 3.79. The molecule has 0 saturated carbocycles. The van der Waals surface area contributed by atoms with E-state index in [4.69, 9.17) is 9.94 Å². The number of aromatic nitrogens is 1. The van der Waals surface area contributed by atoms with E-state index in [0.717, 1.165) is 56.2 Å². The lowest BCUT2D eigenvalue weighted by Gasteiger charge is -2.17. The third-order valence-electron chi connectivity index (χ3n) is 5.11. The van der Waals surface area contributed by atoms with Crippen LogP contribution in [0.4, 0.5) is 5.82 Å². The van der Waals surface area contributed by atoms with Gasteiger partial charge >= 0.3 is 0 Å². The molecule has 0 radical (unpaired) electrons. The molecule has 28 heavy (non-hydrogen) atoms. The topological polar surface area (TPSA) is 86.7 Å². The molecule has 1 atom stereocenters. The number of hydrogen-bond acceptors (Lipinski definition) is 6. The number of nitrogens with zero attached hydrogens (tertiary/aromatic N) is 2. The van der Waals surface area contributed by atoms with Gasteiger partial charge in [-0.2, -0.15) is 0 Å². The van der Waals surface area contributed by atoms with Gasteiger partial charge in [0.05, 0.1) is 6.61 Å². The Kier molecular flexibility index (Phi) is 5.55. The fourth-order valence-corrected chi connectivity index (χ4v) is 3.70. The van der Waals surface area contributed by atoms with E-state index in [1.165, 1.54) is 17.2 Å². The first-order valence-corrected chi connectivity index (χ1v) is 9.51. The van der Waals surface area contributed by atoms with Crippen LogP contribution in [0.3, 0.4) is 0 Å². The molecule has 0 spiro atoms. The van der Waals surface area contributed by atoms with Crippen molar-refractivity contribution in [3.63, 3.8) is 0 Å². The molecule has 2 aliphatic heterocycles. The van der Waals surface area contributed by atoms with Crippen LogP contribution in [0.1, 0.15) is 23.1 Å². The Balaban J connectivity index is 1.28. The predicted molar refractivity (Wildman–Crippen MR) is 106 cm³/mol. The summed E-state index contributed by atoms with van der Waals surface area (Å²) < 4.78 is 5.58. The minimum atomic E-state index is -0.566. The van der Waals surface area contributed by atoms with E-state index < -0.39 is 5.91 Å². The molecule has 0 unspecified atom stereocenters. The van der Waals surface area contributed by atoms with Gasteiger partial charge in [-0.3, -0.25) is 14.9 Å². The number of ether oxygens (including phenoxy) is 1. The molecule has 3 heterocycles. The highest BCUT2D eigenvalue weighted by atomic mass is 16.5. The summed E-state index contributed by atoms with van der Waals surface area (Å²) in [5.74, 6) is 1.29. The average Bonchev–Trinajstić information content (AvgIpc) is 3.36. The number of amides is 1. The summed E-state index contributed by atoms with van der Waals surface area (Å²) in [6.07, 6.45) is 6.64. The van der Waals surface area contributed by atoms with Crippen LogP contribution in [0.25, 0.3) is 6.08 Å². The molecule has 3 N–H and O–H groups in total. The van der Waals surface area contributed by atoms with Gasteiger partial charge < -0.3 is 10.1 Å². The van der Waals surface area contributed by atoms with E-state index in [-0.39, 0.29) is 0 Å². The van der Waals surface area contributed by atoms with Gasteiger partial charge in [0.2, 0.25) is 0 Å². The molecule has 1 fully saturated rings. The Labute approximate surface area is 164 Å². The van der Waals surface area contributed by atoms with Gasteiger partial charge in [0.15, 0.2) is 0 Å². The predicted octanol–water partition coefficient (Wildman–Crippen LogP) is 2.22. The molecule has 4 rings (SSSR count). The highest BCUT2D eigenvalue weighted by molar-refractivity contribution is 5.90. The first kappa shape index (κ1) is 18.5. The third kappa shape index (κ3) is 4.49. The molecular formula is C21H24N4O3. The van der Waals surface area contributed by atoms with Gasteiger partial charge in [0.25, 0.3) is 5.91 Å². The number of anilines is 1. The smallest absolute Gasteiger partial charge is 0.267 e. The van der Waals surface area contributed by atoms with Crippen molar-refractivity contribution < 1.29 is 14.7 Å². The first-order valence-electron chi connectivity index (χ1n) is 9.51. The van der Waals surface area contributed by atoms with Crippen molar-refractivity contribution in [3.05, 3.63) is 59.3 Å². The maximum Gasteiger partial charge on any atom is 0.267 e. The van der Waals surface area contributed by atoms with Crippen LogP contribution in [0, 0.1) is 0 Å². The normalized spacial score (nSPS) is 18.8. The fourth-order valence-electron chi connectivity index (χ4n) is 3.70. The second-order valence-corrected chi connectivity index (χ2v) is 7.19. The lowest BCUT2D eigenvalue weighted by atomic mass is 10.1. The van der Waals surface area contributed by atoms with Gasteiger partial charge in [-0.1, -0.05) is 12.1 Å². The minimum absolute atomic E-state index is 0.367. The van der Waals surface area contributed by atoms with Gasteiger partial charge in [-0.05, 0) is 47.4 Å². The zero-order valence-corrected chi connectivity index (χ0v) is 15.6. The van der Waals surface area contributed by atoms with Crippen LogP contribution in [-0.2, 0) is 17.8 Å². The van der Waals surface area contributed by atoms with E-state index in [9.17, 15) is 4.79 Å². The van der Waals surface area contributed by atoms with Gasteiger partial charge in [0.1, 0.15) is 11.6 Å². The Morgan fingerprint density at radius 1 is 1.36 bits per heavy atom. The van der Waals surface area contributed by atoms with Crippen molar-refractivity contribution in [1.29, 1.82) is 0 Å². The van der Waals surface area contributed by atoms with Crippen molar-refractivity contribution >= 4 is 17.8 Å². The number of nitrogens with one attached hydrogen (secondary N) is 2. The lowest BCUT2D eigenvalue weighted by molar-refractivity contribution is -0.124. The molecule has 1 aromatic heterocycles. The number of hydrogen-bond donors (Lipinski definition) is 3. The van der Waals surface area contributed by atoms with Crippen molar-refractivity contribution in [2.45, 2.75) is 25.4 Å². The lowest BCUT2D eigenvalue weighted by Crippen LogP contribution is -2.26. The number of rotatable bonds is 6. The standard InChI is InChI=1S/C21H24N4O3/c26-21(24-27)6-3-15-2-5-20(22-12-15)23-18-7-9-25(14-18)13-16-1-4-19-17(11-16)8-10-28-19/h1-6,11-12,18,27H,7-10,13-14H2,(H,22,23)(H,24,26)/b6-3+/t18-/m1/s1. The SMILES string of the molecule is O=C(/C=C/c1ccc(N[C@@H]2CCN(Cc3ccc4c(c3)CCO4)C2)nc1)NO. The summed E-state index contributed by atoms with van der Waals surface area (Å²) in [4.78, 5) is 17.9. The molecular weight excluding hydrogens is 356 g/mol. The molecule has 0 bridgehead atoms. The van der Waals surface area contributed by atoms with E-state index in [1.807, 2.05) is 12.1 Å². The van der Waals surface area contributed by atoms with Crippen LogP contribution in [-0.4, -0.2) is 46.7 Å². The Morgan fingerprint density at radius 2 is 2.29 bits per heavy atom. The van der Waals surface area contributed by atoms with Crippen molar-refractivity contribution in [3.8, 4) is 5.75 Å². The summed E-state index contributed by atoms with van der Waals surface area (Å²) in [5.41, 5.74) is 5.01. The van der Waals surface area contributed by atoms with Gasteiger partial charge in [-0.25, -0.2) is 10.5 Å². The van der Waals surface area contributed by atoms with Crippen LogP contribution in [0.15, 0.2) is 42.6 Å². The number of benzene rings is 1. The number of carbonyl (C=O) groups is 1. The molecule has 146 valence electrons. The van der Waals surface area contributed by atoms with E-state index in [2.05, 4.69) is 33.4 Å². The number of pyridine rings is 1. The van der Waals surface area contributed by atoms with Crippen molar-refractivity contribution in [1.82, 2.24) is 15.4 Å². The zero-order chi connectivity index (χ0) is 19.3. The van der Waals surface area contributed by atoms with E-state index in [1.54, 1.807) is 17.8 Å². The second kappa shape index (κ2) is 8.41. The third-order valence-corrected chi connectivity index (χ3v) is 5.11. The van der Waals surface area contributed by atoms with Crippen LogP contribution in [0.5, 0.6) is 5.75 Å². The maximum absolute atomic E-state index is 11.0. The highest BCUT2D eigenvalue weighted by Gasteiger charge is 2.23. The largest absolute Gasteiger partial charge is 0.493 e. The molecule has 1 aromatic carbocycles. The fraction of sp³-hybridized carbons (Fsp3) is 0.333. The van der Waals surface area contributed by atoms with Gasteiger partial charge in [-0.15, -0.1) is 0 Å². The Hall–Kier alpha value is -2.90. The number of carbonyl (C=O) groups excluding carboxylic acids is 1. The minimum Gasteiger partial charge on any atom is -0.493 e.